The highest BCUT2D eigenvalue weighted by Crippen LogP contribution is 2.42. The van der Waals surface area contributed by atoms with Crippen LogP contribution in [0.5, 0.6) is 0 Å². The number of hydrogen-bond donors (Lipinski definition) is 0. The van der Waals surface area contributed by atoms with Crippen LogP contribution in [0.1, 0.15) is 31.9 Å². The van der Waals surface area contributed by atoms with Gasteiger partial charge >= 0.3 is 0 Å². The van der Waals surface area contributed by atoms with Crippen LogP contribution in [-0.4, -0.2) is 0 Å². The molecule has 0 amide bonds. The highest BCUT2D eigenvalue weighted by Gasteiger charge is 2.27. The number of aromatic nitrogens is 1. The lowest BCUT2D eigenvalue weighted by atomic mass is 9.86. The molecule has 5 aromatic rings. The Labute approximate surface area is 198 Å². The van der Waals surface area contributed by atoms with Gasteiger partial charge in [0.15, 0.2) is 11.5 Å². The van der Waals surface area contributed by atoms with E-state index in [9.17, 15) is 4.39 Å². The maximum atomic E-state index is 14.8. The number of halogens is 1. The van der Waals surface area contributed by atoms with Crippen LogP contribution in [-0.2, 0) is 12.5 Å². The van der Waals surface area contributed by atoms with Crippen LogP contribution in [0, 0.1) is 19.3 Å². The third-order valence-electron chi connectivity index (χ3n) is 6.46. The van der Waals surface area contributed by atoms with Crippen LogP contribution in [0.15, 0.2) is 71.3 Å². The van der Waals surface area contributed by atoms with Crippen molar-refractivity contribution in [2.45, 2.75) is 33.1 Å². The molecule has 0 spiro atoms. The molecule has 0 aliphatic carbocycles. The van der Waals surface area contributed by atoms with Gasteiger partial charge in [-0.25, -0.2) is 9.24 Å². The number of aryl methyl sites for hydroxylation is 2. The van der Waals surface area contributed by atoms with E-state index in [4.69, 9.17) is 11.0 Å². The van der Waals surface area contributed by atoms with Gasteiger partial charge in [-0.1, -0.05) is 69.3 Å². The first kappa shape index (κ1) is 21.9. The molecule has 0 fully saturated rings. The van der Waals surface area contributed by atoms with Crippen LogP contribution in [0.4, 0.5) is 10.1 Å². The molecule has 0 saturated heterocycles. The fourth-order valence-corrected chi connectivity index (χ4v) is 4.67. The van der Waals surface area contributed by atoms with Crippen molar-refractivity contribution in [3.05, 3.63) is 95.2 Å². The summed E-state index contributed by atoms with van der Waals surface area (Å²) in [5.41, 5.74) is 7.06. The average Bonchev–Trinajstić information content (AvgIpc) is 3.16. The van der Waals surface area contributed by atoms with Gasteiger partial charge in [0.2, 0.25) is 11.9 Å². The molecule has 168 valence electrons. The predicted molar refractivity (Wildman–Crippen MR) is 135 cm³/mol. The Kier molecular flexibility index (Phi) is 5.02. The Morgan fingerprint density at radius 1 is 0.971 bits per heavy atom. The molecular weight excluding hydrogens is 423 g/mol. The molecule has 0 atom stereocenters. The number of hydrogen-bond acceptors (Lipinski definition) is 1. The molecule has 0 saturated carbocycles. The molecule has 0 aliphatic rings. The second kappa shape index (κ2) is 7.81. The predicted octanol–water partition coefficient (Wildman–Crippen LogP) is 8.04. The summed E-state index contributed by atoms with van der Waals surface area (Å²) in [6, 6.07) is 19.9. The highest BCUT2D eigenvalue weighted by atomic mass is 19.1. The first-order valence-corrected chi connectivity index (χ1v) is 11.3. The lowest BCUT2D eigenvalue weighted by Gasteiger charge is -2.19. The Morgan fingerprint density at radius 2 is 1.71 bits per heavy atom. The zero-order valence-electron chi connectivity index (χ0n) is 20.0. The van der Waals surface area contributed by atoms with E-state index < -0.39 is 0 Å². The number of furan rings is 1. The summed E-state index contributed by atoms with van der Waals surface area (Å²) in [5, 5.41) is 1.94. The molecular formula is C30H26FN2O+. The van der Waals surface area contributed by atoms with Crippen molar-refractivity contribution in [3.63, 3.8) is 0 Å². The van der Waals surface area contributed by atoms with Crippen molar-refractivity contribution in [1.29, 1.82) is 0 Å². The zero-order valence-corrected chi connectivity index (χ0v) is 20.0. The van der Waals surface area contributed by atoms with Crippen molar-refractivity contribution in [2.75, 3.05) is 0 Å². The monoisotopic (exact) mass is 449 g/mol. The molecule has 34 heavy (non-hydrogen) atoms. The number of nitrogens with zero attached hydrogens (tertiary/aromatic N) is 2. The van der Waals surface area contributed by atoms with Crippen molar-refractivity contribution in [2.24, 2.45) is 7.05 Å². The van der Waals surface area contributed by atoms with Crippen LogP contribution >= 0.6 is 0 Å². The Balaban J connectivity index is 1.84. The summed E-state index contributed by atoms with van der Waals surface area (Å²) in [5.74, 6) is -0.220. The first-order chi connectivity index (χ1) is 16.2. The Bertz CT molecular complexity index is 1620. The van der Waals surface area contributed by atoms with Crippen molar-refractivity contribution in [3.8, 4) is 22.4 Å². The number of fused-ring (bicyclic) bond motifs is 3. The van der Waals surface area contributed by atoms with Crippen LogP contribution in [0.25, 0.3) is 49.2 Å². The van der Waals surface area contributed by atoms with E-state index in [1.54, 1.807) is 6.20 Å². The first-order valence-electron chi connectivity index (χ1n) is 11.3. The molecule has 0 radical (unpaired) electrons. The standard InChI is InChI=1S/C30H26FN2O/c1-18-12-13-20-22-14-21(19-10-8-7-9-11-19)25(32-5)16-27(22)34-29(20)28(18)26-15-23(30(2,3)4)24(31)17-33(26)6/h7-17H,1-4,6H3/q+1. The molecule has 4 heteroatoms. The van der Waals surface area contributed by atoms with E-state index in [1.807, 2.05) is 87.8 Å². The van der Waals surface area contributed by atoms with E-state index in [0.717, 1.165) is 44.3 Å². The number of benzene rings is 3. The summed E-state index contributed by atoms with van der Waals surface area (Å²) in [6.07, 6.45) is 1.54. The largest absolute Gasteiger partial charge is 0.456 e. The molecule has 3 nitrogen and oxygen atoms in total. The topological polar surface area (TPSA) is 21.4 Å². The van der Waals surface area contributed by atoms with Crippen LogP contribution in [0.2, 0.25) is 0 Å². The summed E-state index contributed by atoms with van der Waals surface area (Å²) in [6.45, 7) is 15.8. The molecule has 0 bridgehead atoms. The third-order valence-corrected chi connectivity index (χ3v) is 6.46. The molecule has 0 aliphatic heterocycles. The SMILES string of the molecule is [C-]#[N+]c1cc2oc3c(-c4cc(C(C)(C)C)c(F)c[n+]4C)c(C)ccc3c2cc1-c1ccccc1. The van der Waals surface area contributed by atoms with Crippen LogP contribution in [0.3, 0.4) is 0 Å². The number of pyridine rings is 1. The maximum absolute atomic E-state index is 14.8. The fraction of sp³-hybridized carbons (Fsp3) is 0.200. The quantitative estimate of drug-likeness (QED) is 0.197. The fourth-order valence-electron chi connectivity index (χ4n) is 4.67. The second-order valence-corrected chi connectivity index (χ2v) is 9.86. The smallest absolute Gasteiger partial charge is 0.216 e. The van der Waals surface area contributed by atoms with Crippen LogP contribution < -0.4 is 4.57 Å². The van der Waals surface area contributed by atoms with Gasteiger partial charge in [0, 0.05) is 22.4 Å². The van der Waals surface area contributed by atoms with Gasteiger partial charge in [0.1, 0.15) is 18.2 Å². The Morgan fingerprint density at radius 3 is 2.38 bits per heavy atom. The lowest BCUT2D eigenvalue weighted by Crippen LogP contribution is -2.33. The van der Waals surface area contributed by atoms with Gasteiger partial charge in [-0.2, -0.15) is 4.57 Å². The maximum Gasteiger partial charge on any atom is 0.216 e. The molecule has 0 N–H and O–H groups in total. The molecule has 0 unspecified atom stereocenters. The van der Waals surface area contributed by atoms with Gasteiger partial charge < -0.3 is 4.42 Å². The van der Waals surface area contributed by atoms with E-state index >= 15 is 0 Å². The zero-order chi connectivity index (χ0) is 24.2. The second-order valence-electron chi connectivity index (χ2n) is 9.86. The Hall–Kier alpha value is -3.97. The summed E-state index contributed by atoms with van der Waals surface area (Å²) in [7, 11) is 1.86. The average molecular weight is 450 g/mol. The van der Waals surface area contributed by atoms with Crippen molar-refractivity contribution < 1.29 is 13.4 Å². The molecule has 3 aromatic carbocycles. The van der Waals surface area contributed by atoms with Gasteiger partial charge in [0.05, 0.1) is 12.1 Å². The minimum Gasteiger partial charge on any atom is -0.456 e. The van der Waals surface area contributed by atoms with Gasteiger partial charge in [-0.3, -0.25) is 0 Å². The number of rotatable bonds is 2. The van der Waals surface area contributed by atoms with Crippen molar-refractivity contribution in [1.82, 2.24) is 0 Å². The lowest BCUT2D eigenvalue weighted by molar-refractivity contribution is -0.662. The molecule has 2 aromatic heterocycles. The minimum absolute atomic E-state index is 0.220. The summed E-state index contributed by atoms with van der Waals surface area (Å²) in [4.78, 5) is 3.77. The summed E-state index contributed by atoms with van der Waals surface area (Å²) < 4.78 is 23.1. The van der Waals surface area contributed by atoms with Gasteiger partial charge in [-0.05, 0) is 35.1 Å². The van der Waals surface area contributed by atoms with Gasteiger partial charge in [-0.15, -0.1) is 0 Å². The summed E-state index contributed by atoms with van der Waals surface area (Å²) >= 11 is 0. The normalized spacial score (nSPS) is 11.8. The van der Waals surface area contributed by atoms with Crippen molar-refractivity contribution >= 4 is 27.6 Å². The molecule has 5 rings (SSSR count). The minimum atomic E-state index is -0.335. The van der Waals surface area contributed by atoms with E-state index in [1.165, 1.54) is 0 Å². The van der Waals surface area contributed by atoms with Gasteiger partial charge in [0.25, 0.3) is 0 Å². The van der Waals surface area contributed by atoms with E-state index in [-0.39, 0.29) is 11.2 Å². The van der Waals surface area contributed by atoms with E-state index in [2.05, 4.69) is 17.0 Å². The molecule has 2 heterocycles. The van der Waals surface area contributed by atoms with E-state index in [0.29, 0.717) is 16.8 Å². The highest BCUT2D eigenvalue weighted by molar-refractivity contribution is 6.12. The third kappa shape index (κ3) is 3.45.